The summed E-state index contributed by atoms with van der Waals surface area (Å²) in [6.07, 6.45) is 4.24. The lowest BCUT2D eigenvalue weighted by atomic mass is 10.0. The number of carbonyl (C=O) groups is 1. The maximum absolute atomic E-state index is 13.6. The van der Waals surface area contributed by atoms with Gasteiger partial charge in [-0.15, -0.1) is 0 Å². The van der Waals surface area contributed by atoms with Crippen molar-refractivity contribution in [2.24, 2.45) is 5.73 Å². The molecule has 1 aromatic carbocycles. The van der Waals surface area contributed by atoms with E-state index in [-0.39, 0.29) is 24.2 Å². The van der Waals surface area contributed by atoms with Crippen molar-refractivity contribution in [3.05, 3.63) is 53.9 Å². The van der Waals surface area contributed by atoms with Gasteiger partial charge in [-0.3, -0.25) is 4.79 Å². The number of benzene rings is 1. The van der Waals surface area contributed by atoms with Crippen molar-refractivity contribution in [3.8, 4) is 0 Å². The monoisotopic (exact) mass is 302 g/mol. The first-order valence-electron chi connectivity index (χ1n) is 7.40. The molecule has 1 amide bonds. The van der Waals surface area contributed by atoms with Crippen LogP contribution in [0.15, 0.2) is 36.7 Å². The van der Waals surface area contributed by atoms with Gasteiger partial charge in [-0.25, -0.2) is 9.37 Å². The first-order chi connectivity index (χ1) is 10.6. The van der Waals surface area contributed by atoms with E-state index in [1.165, 1.54) is 6.07 Å². The van der Waals surface area contributed by atoms with Gasteiger partial charge in [0, 0.05) is 37.9 Å². The third-order valence-corrected chi connectivity index (χ3v) is 3.97. The third kappa shape index (κ3) is 3.17. The van der Waals surface area contributed by atoms with Crippen LogP contribution in [-0.2, 0) is 24.3 Å². The minimum absolute atomic E-state index is 0.00177. The lowest BCUT2D eigenvalue weighted by Gasteiger charge is -2.28. The molecular weight excluding hydrogens is 283 g/mol. The first-order valence-corrected chi connectivity index (χ1v) is 7.40. The van der Waals surface area contributed by atoms with Crippen molar-refractivity contribution < 1.29 is 9.18 Å². The molecule has 1 aromatic heterocycles. The molecule has 1 aliphatic rings. The molecule has 116 valence electrons. The maximum Gasteiger partial charge on any atom is 0.224 e. The van der Waals surface area contributed by atoms with Crippen molar-refractivity contribution in [1.82, 2.24) is 14.5 Å². The zero-order chi connectivity index (χ0) is 15.5. The van der Waals surface area contributed by atoms with Gasteiger partial charge >= 0.3 is 0 Å². The number of aromatic nitrogens is 2. The standard InChI is InChI=1S/C16H19FN4O/c17-14-4-2-1-3-12(14)9-13(18)10-16(22)21-8-7-20-6-5-19-15(20)11-21/h1-6,13H,7-11,18H2/t13-/m1/s1. The van der Waals surface area contributed by atoms with Gasteiger partial charge in [0.2, 0.25) is 5.91 Å². The summed E-state index contributed by atoms with van der Waals surface area (Å²) in [6, 6.07) is 6.15. The van der Waals surface area contributed by atoms with Crippen molar-refractivity contribution in [3.63, 3.8) is 0 Å². The van der Waals surface area contributed by atoms with Crippen LogP contribution in [0.1, 0.15) is 17.8 Å². The summed E-state index contributed by atoms with van der Waals surface area (Å²) in [5.41, 5.74) is 6.57. The zero-order valence-electron chi connectivity index (χ0n) is 12.3. The second-order valence-electron chi connectivity index (χ2n) is 5.61. The van der Waals surface area contributed by atoms with Crippen molar-refractivity contribution in [2.45, 2.75) is 32.0 Å². The van der Waals surface area contributed by atoms with Crippen LogP contribution < -0.4 is 5.73 Å². The Morgan fingerprint density at radius 3 is 3.00 bits per heavy atom. The fourth-order valence-electron chi connectivity index (χ4n) is 2.76. The summed E-state index contributed by atoms with van der Waals surface area (Å²) in [4.78, 5) is 18.3. The molecule has 0 unspecified atom stereocenters. The van der Waals surface area contributed by atoms with Gasteiger partial charge in [-0.2, -0.15) is 0 Å². The quantitative estimate of drug-likeness (QED) is 0.926. The molecule has 1 aliphatic heterocycles. The van der Waals surface area contributed by atoms with Crippen LogP contribution in [0.25, 0.3) is 0 Å². The molecule has 6 heteroatoms. The fraction of sp³-hybridized carbons (Fsp3) is 0.375. The number of amides is 1. The third-order valence-electron chi connectivity index (χ3n) is 3.97. The highest BCUT2D eigenvalue weighted by atomic mass is 19.1. The van der Waals surface area contributed by atoms with Gasteiger partial charge in [0.1, 0.15) is 11.6 Å². The molecule has 22 heavy (non-hydrogen) atoms. The van der Waals surface area contributed by atoms with Crippen LogP contribution in [0.3, 0.4) is 0 Å². The molecule has 0 spiro atoms. The smallest absolute Gasteiger partial charge is 0.224 e. The Balaban J connectivity index is 1.57. The Kier molecular flexibility index (Phi) is 4.20. The Morgan fingerprint density at radius 2 is 2.18 bits per heavy atom. The molecule has 0 fully saturated rings. The van der Waals surface area contributed by atoms with E-state index in [0.29, 0.717) is 25.1 Å². The summed E-state index contributed by atoms with van der Waals surface area (Å²) in [6.45, 7) is 1.93. The first kappa shape index (κ1) is 14.7. The number of fused-ring (bicyclic) bond motifs is 1. The van der Waals surface area contributed by atoms with Gasteiger partial charge < -0.3 is 15.2 Å². The van der Waals surface area contributed by atoms with Gasteiger partial charge in [-0.05, 0) is 18.1 Å². The Labute approximate surface area is 128 Å². The molecule has 2 N–H and O–H groups in total. The number of carbonyl (C=O) groups excluding carboxylic acids is 1. The number of rotatable bonds is 4. The number of imidazole rings is 1. The summed E-state index contributed by atoms with van der Waals surface area (Å²) in [5.74, 6) is 0.616. The summed E-state index contributed by atoms with van der Waals surface area (Å²) >= 11 is 0. The molecule has 2 heterocycles. The maximum atomic E-state index is 13.6. The highest BCUT2D eigenvalue weighted by molar-refractivity contribution is 5.76. The van der Waals surface area contributed by atoms with Gasteiger partial charge in [-0.1, -0.05) is 18.2 Å². The Bertz CT molecular complexity index is 670. The van der Waals surface area contributed by atoms with Gasteiger partial charge in [0.15, 0.2) is 0 Å². The highest BCUT2D eigenvalue weighted by Gasteiger charge is 2.23. The largest absolute Gasteiger partial charge is 0.333 e. The van der Waals surface area contributed by atoms with Gasteiger partial charge in [0.05, 0.1) is 6.54 Å². The van der Waals surface area contributed by atoms with E-state index in [4.69, 9.17) is 5.73 Å². The van der Waals surface area contributed by atoms with E-state index < -0.39 is 0 Å². The predicted octanol–water partition coefficient (Wildman–Crippen LogP) is 1.32. The van der Waals surface area contributed by atoms with E-state index in [0.717, 1.165) is 12.4 Å². The second kappa shape index (κ2) is 6.27. The van der Waals surface area contributed by atoms with Gasteiger partial charge in [0.25, 0.3) is 0 Å². The number of halogens is 1. The molecule has 1 atom stereocenters. The van der Waals surface area contributed by atoms with Crippen molar-refractivity contribution >= 4 is 5.91 Å². The molecule has 5 nitrogen and oxygen atoms in total. The van der Waals surface area contributed by atoms with Crippen molar-refractivity contribution in [1.29, 1.82) is 0 Å². The molecule has 0 saturated carbocycles. The normalized spacial score (nSPS) is 15.5. The van der Waals surface area contributed by atoms with E-state index >= 15 is 0 Å². The van der Waals surface area contributed by atoms with Crippen LogP contribution in [0.4, 0.5) is 4.39 Å². The Morgan fingerprint density at radius 1 is 1.36 bits per heavy atom. The number of nitrogens with two attached hydrogens (primary N) is 1. The van der Waals surface area contributed by atoms with E-state index in [2.05, 4.69) is 4.98 Å². The molecule has 0 saturated heterocycles. The average Bonchev–Trinajstić information content (AvgIpc) is 2.97. The van der Waals surface area contributed by atoms with E-state index in [9.17, 15) is 9.18 Å². The lowest BCUT2D eigenvalue weighted by molar-refractivity contribution is -0.133. The fourth-order valence-corrected chi connectivity index (χ4v) is 2.76. The lowest BCUT2D eigenvalue weighted by Crippen LogP contribution is -2.41. The molecule has 0 bridgehead atoms. The molecule has 2 aromatic rings. The Hall–Kier alpha value is -2.21. The SMILES string of the molecule is N[C@@H](CC(=O)N1CCn2ccnc2C1)Cc1ccccc1F. The average molecular weight is 302 g/mol. The number of nitrogens with zero attached hydrogens (tertiary/aromatic N) is 3. The van der Waals surface area contributed by atoms with Crippen LogP contribution in [0.2, 0.25) is 0 Å². The number of hydrogen-bond donors (Lipinski definition) is 1. The topological polar surface area (TPSA) is 64.2 Å². The molecule has 0 radical (unpaired) electrons. The molecular formula is C16H19FN4O. The minimum Gasteiger partial charge on any atom is -0.333 e. The number of hydrogen-bond acceptors (Lipinski definition) is 3. The second-order valence-corrected chi connectivity index (χ2v) is 5.61. The van der Waals surface area contributed by atoms with E-state index in [1.54, 1.807) is 29.3 Å². The van der Waals surface area contributed by atoms with E-state index in [1.807, 2.05) is 10.8 Å². The summed E-state index contributed by atoms with van der Waals surface area (Å²) in [5, 5.41) is 0. The summed E-state index contributed by atoms with van der Waals surface area (Å²) in [7, 11) is 0. The molecule has 3 rings (SSSR count). The van der Waals surface area contributed by atoms with Crippen LogP contribution in [0.5, 0.6) is 0 Å². The van der Waals surface area contributed by atoms with Crippen LogP contribution in [-0.4, -0.2) is 32.9 Å². The predicted molar refractivity (Wildman–Crippen MR) is 80.3 cm³/mol. The minimum atomic E-state index is -0.383. The molecule has 0 aliphatic carbocycles. The summed E-state index contributed by atoms with van der Waals surface area (Å²) < 4.78 is 15.7. The van der Waals surface area contributed by atoms with Crippen molar-refractivity contribution in [2.75, 3.05) is 6.54 Å². The zero-order valence-corrected chi connectivity index (χ0v) is 12.3. The van der Waals surface area contributed by atoms with Crippen LogP contribution in [0, 0.1) is 5.82 Å². The van der Waals surface area contributed by atoms with Crippen LogP contribution >= 0.6 is 0 Å². The highest BCUT2D eigenvalue weighted by Crippen LogP contribution is 2.14.